The number of nitrogens with one attached hydrogen (secondary N) is 2. The molecule has 1 aliphatic carbocycles. The number of rotatable bonds is 5. The lowest BCUT2D eigenvalue weighted by atomic mass is 9.96. The molecule has 1 aliphatic heterocycles. The maximum Gasteiger partial charge on any atom is 0.319 e. The topological polar surface area (TPSA) is 70.7 Å². The number of carbonyl (C=O) groups excluding carboxylic acids is 2. The molecule has 1 heterocycles. The van der Waals surface area contributed by atoms with E-state index in [1.807, 2.05) is 45.0 Å². The Kier molecular flexibility index (Phi) is 4.49. The van der Waals surface area contributed by atoms with Crippen molar-refractivity contribution in [2.75, 3.05) is 18.5 Å². The first-order chi connectivity index (χ1) is 11.8. The van der Waals surface area contributed by atoms with Crippen LogP contribution in [0.15, 0.2) is 24.3 Å². The first-order valence-electron chi connectivity index (χ1n) is 8.85. The van der Waals surface area contributed by atoms with Gasteiger partial charge in [-0.25, -0.2) is 4.79 Å². The van der Waals surface area contributed by atoms with E-state index >= 15 is 0 Å². The van der Waals surface area contributed by atoms with Gasteiger partial charge >= 0.3 is 6.03 Å². The Morgan fingerprint density at radius 3 is 2.60 bits per heavy atom. The zero-order valence-corrected chi connectivity index (χ0v) is 15.4. The van der Waals surface area contributed by atoms with E-state index in [1.165, 1.54) is 0 Å². The van der Waals surface area contributed by atoms with Crippen LogP contribution in [0.2, 0.25) is 0 Å². The Hall–Kier alpha value is -2.08. The molecule has 3 amide bonds. The van der Waals surface area contributed by atoms with Crippen LogP contribution in [0.1, 0.15) is 39.7 Å². The molecular formula is C19H27N3O3. The molecule has 0 spiro atoms. The molecule has 0 bridgehead atoms. The number of nitrogens with zero attached hydrogens (tertiary/aromatic N) is 1. The lowest BCUT2D eigenvalue weighted by molar-refractivity contribution is -0.129. The number of urea groups is 1. The largest absolute Gasteiger partial charge is 0.373 e. The van der Waals surface area contributed by atoms with Gasteiger partial charge in [-0.15, -0.1) is 0 Å². The SMILES string of the molecule is CCN(Cc1ccccc1NC(=O)NC12CC1COC2(C)C)C(C)=O. The second-order valence-corrected chi connectivity index (χ2v) is 7.46. The molecule has 0 radical (unpaired) electrons. The summed E-state index contributed by atoms with van der Waals surface area (Å²) in [4.78, 5) is 26.0. The summed E-state index contributed by atoms with van der Waals surface area (Å²) < 4.78 is 5.79. The maximum atomic E-state index is 12.6. The Morgan fingerprint density at radius 1 is 1.32 bits per heavy atom. The number of hydrogen-bond acceptors (Lipinski definition) is 3. The van der Waals surface area contributed by atoms with Crippen molar-refractivity contribution >= 4 is 17.6 Å². The van der Waals surface area contributed by atoms with E-state index in [0.717, 1.165) is 17.7 Å². The van der Waals surface area contributed by atoms with Crippen molar-refractivity contribution in [3.63, 3.8) is 0 Å². The van der Waals surface area contributed by atoms with Gasteiger partial charge in [0.2, 0.25) is 5.91 Å². The van der Waals surface area contributed by atoms with Gasteiger partial charge in [0.1, 0.15) is 0 Å². The van der Waals surface area contributed by atoms with Crippen LogP contribution in [-0.2, 0) is 16.1 Å². The van der Waals surface area contributed by atoms with Gasteiger partial charge in [-0.3, -0.25) is 4.79 Å². The summed E-state index contributed by atoms with van der Waals surface area (Å²) in [6.07, 6.45) is 0.961. The summed E-state index contributed by atoms with van der Waals surface area (Å²) in [6, 6.07) is 7.36. The molecule has 25 heavy (non-hydrogen) atoms. The summed E-state index contributed by atoms with van der Waals surface area (Å²) in [5, 5.41) is 6.08. The van der Waals surface area contributed by atoms with Gasteiger partial charge in [-0.1, -0.05) is 18.2 Å². The highest BCUT2D eigenvalue weighted by Gasteiger charge is 2.69. The molecule has 1 aromatic carbocycles. The van der Waals surface area contributed by atoms with Crippen LogP contribution in [0.3, 0.4) is 0 Å². The van der Waals surface area contributed by atoms with Crippen LogP contribution in [0.5, 0.6) is 0 Å². The van der Waals surface area contributed by atoms with Crippen LogP contribution in [0, 0.1) is 5.92 Å². The molecule has 0 aromatic heterocycles. The van der Waals surface area contributed by atoms with Gasteiger partial charge in [0.05, 0.1) is 17.7 Å². The predicted octanol–water partition coefficient (Wildman–Crippen LogP) is 2.74. The Balaban J connectivity index is 1.69. The molecule has 2 atom stereocenters. The van der Waals surface area contributed by atoms with E-state index in [9.17, 15) is 9.59 Å². The zero-order chi connectivity index (χ0) is 18.2. The minimum Gasteiger partial charge on any atom is -0.373 e. The van der Waals surface area contributed by atoms with E-state index < -0.39 is 0 Å². The maximum absolute atomic E-state index is 12.6. The normalized spacial score (nSPS) is 25.8. The van der Waals surface area contributed by atoms with Crippen molar-refractivity contribution in [2.45, 2.75) is 51.8 Å². The van der Waals surface area contributed by atoms with E-state index in [2.05, 4.69) is 10.6 Å². The van der Waals surface area contributed by atoms with Crippen molar-refractivity contribution in [3.05, 3.63) is 29.8 Å². The molecule has 1 saturated heterocycles. The monoisotopic (exact) mass is 345 g/mol. The number of para-hydroxylation sites is 1. The number of anilines is 1. The van der Waals surface area contributed by atoms with Crippen molar-refractivity contribution < 1.29 is 14.3 Å². The molecule has 2 unspecified atom stereocenters. The smallest absolute Gasteiger partial charge is 0.319 e. The number of amides is 3. The van der Waals surface area contributed by atoms with Gasteiger partial charge < -0.3 is 20.3 Å². The number of benzene rings is 1. The molecule has 2 fully saturated rings. The third-order valence-electron chi connectivity index (χ3n) is 5.62. The van der Waals surface area contributed by atoms with Crippen LogP contribution in [-0.4, -0.2) is 41.1 Å². The average Bonchev–Trinajstić information content (AvgIpc) is 3.20. The lowest BCUT2D eigenvalue weighted by Gasteiger charge is -2.31. The van der Waals surface area contributed by atoms with Crippen molar-refractivity contribution in [1.29, 1.82) is 0 Å². The Bertz CT molecular complexity index is 688. The molecule has 2 N–H and O–H groups in total. The minimum absolute atomic E-state index is 0.0197. The van der Waals surface area contributed by atoms with Crippen LogP contribution in [0.25, 0.3) is 0 Å². The number of ether oxygens (including phenoxy) is 1. The van der Waals surface area contributed by atoms with E-state index in [0.29, 0.717) is 25.6 Å². The van der Waals surface area contributed by atoms with E-state index in [-0.39, 0.29) is 23.1 Å². The van der Waals surface area contributed by atoms with Gasteiger partial charge in [-0.2, -0.15) is 0 Å². The fourth-order valence-electron chi connectivity index (χ4n) is 3.80. The Labute approximate surface area is 148 Å². The van der Waals surface area contributed by atoms with Crippen molar-refractivity contribution in [2.24, 2.45) is 5.92 Å². The molecular weight excluding hydrogens is 318 g/mol. The Morgan fingerprint density at radius 2 is 2.04 bits per heavy atom. The fraction of sp³-hybridized carbons (Fsp3) is 0.579. The third kappa shape index (κ3) is 3.23. The second-order valence-electron chi connectivity index (χ2n) is 7.46. The van der Waals surface area contributed by atoms with Gasteiger partial charge in [-0.05, 0) is 38.8 Å². The molecule has 1 aromatic rings. The highest BCUT2D eigenvalue weighted by Crippen LogP contribution is 2.57. The summed E-state index contributed by atoms with van der Waals surface area (Å²) in [5.41, 5.74) is 1.04. The zero-order valence-electron chi connectivity index (χ0n) is 15.4. The van der Waals surface area contributed by atoms with Crippen molar-refractivity contribution in [3.8, 4) is 0 Å². The van der Waals surface area contributed by atoms with Gasteiger partial charge in [0.25, 0.3) is 0 Å². The lowest BCUT2D eigenvalue weighted by Crippen LogP contribution is -2.52. The highest BCUT2D eigenvalue weighted by molar-refractivity contribution is 5.91. The van der Waals surface area contributed by atoms with E-state index in [4.69, 9.17) is 4.74 Å². The third-order valence-corrected chi connectivity index (χ3v) is 5.62. The summed E-state index contributed by atoms with van der Waals surface area (Å²) in [6.45, 7) is 9.37. The van der Waals surface area contributed by atoms with E-state index in [1.54, 1.807) is 11.8 Å². The molecule has 6 nitrogen and oxygen atoms in total. The standard InChI is InChI=1S/C19H27N3O3/c1-5-22(13(2)23)11-14-8-6-7-9-16(14)20-17(24)21-19-10-15(19)12-25-18(19,3)4/h6-9,15H,5,10-12H2,1-4H3,(H2,20,21,24). The minimum atomic E-state index is -0.345. The van der Waals surface area contributed by atoms with Crippen LogP contribution < -0.4 is 10.6 Å². The number of carbonyl (C=O) groups is 2. The first kappa shape index (κ1) is 17.7. The average molecular weight is 345 g/mol. The molecule has 1 saturated carbocycles. The van der Waals surface area contributed by atoms with Crippen LogP contribution >= 0.6 is 0 Å². The first-order valence-corrected chi connectivity index (χ1v) is 8.85. The van der Waals surface area contributed by atoms with Crippen LogP contribution in [0.4, 0.5) is 10.5 Å². The summed E-state index contributed by atoms with van der Waals surface area (Å²) in [7, 11) is 0. The summed E-state index contributed by atoms with van der Waals surface area (Å²) >= 11 is 0. The van der Waals surface area contributed by atoms with Gasteiger partial charge in [0, 0.05) is 31.6 Å². The molecule has 2 aliphatic rings. The second kappa shape index (κ2) is 6.33. The molecule has 6 heteroatoms. The predicted molar refractivity (Wildman–Crippen MR) is 96.2 cm³/mol. The summed E-state index contributed by atoms with van der Waals surface area (Å²) in [5.74, 6) is 0.420. The van der Waals surface area contributed by atoms with Gasteiger partial charge in [0.15, 0.2) is 0 Å². The fourth-order valence-corrected chi connectivity index (χ4v) is 3.80. The highest BCUT2D eigenvalue weighted by atomic mass is 16.5. The number of hydrogen-bond donors (Lipinski definition) is 2. The molecule has 3 rings (SSSR count). The van der Waals surface area contributed by atoms with Crippen molar-refractivity contribution in [1.82, 2.24) is 10.2 Å². The quantitative estimate of drug-likeness (QED) is 0.862. The number of fused-ring (bicyclic) bond motifs is 1. The molecule has 136 valence electrons.